The Morgan fingerprint density at radius 2 is 2.25 bits per heavy atom. The van der Waals surface area contributed by atoms with Crippen LogP contribution in [0.25, 0.3) is 0 Å². The van der Waals surface area contributed by atoms with Gasteiger partial charge in [-0.15, -0.1) is 0 Å². The molecular formula is C12H16FNO2. The van der Waals surface area contributed by atoms with E-state index in [1.807, 2.05) is 13.1 Å². The van der Waals surface area contributed by atoms with Gasteiger partial charge in [-0.1, -0.05) is 0 Å². The lowest BCUT2D eigenvalue weighted by atomic mass is 10.0. The Kier molecular flexibility index (Phi) is 3.29. The Morgan fingerprint density at radius 3 is 2.94 bits per heavy atom. The van der Waals surface area contributed by atoms with Gasteiger partial charge >= 0.3 is 0 Å². The van der Waals surface area contributed by atoms with Crippen LogP contribution < -0.4 is 14.8 Å². The zero-order valence-corrected chi connectivity index (χ0v) is 9.55. The molecule has 3 nitrogen and oxygen atoms in total. The van der Waals surface area contributed by atoms with Gasteiger partial charge in [0.25, 0.3) is 0 Å². The van der Waals surface area contributed by atoms with Crippen LogP contribution in [0.2, 0.25) is 0 Å². The van der Waals surface area contributed by atoms with Gasteiger partial charge in [0.2, 0.25) is 6.79 Å². The number of rotatable bonds is 4. The molecule has 1 atom stereocenters. The standard InChI is InChI=1S/C12H16FNO2/c1-8(13)10-5-9(3-4-14-2)12-11(6-10)15-7-16-12/h5-6,8,14H,3-4,7H2,1-2H3. The molecule has 1 aliphatic heterocycles. The van der Waals surface area contributed by atoms with E-state index in [9.17, 15) is 4.39 Å². The summed E-state index contributed by atoms with van der Waals surface area (Å²) in [7, 11) is 1.89. The number of fused-ring (bicyclic) bond motifs is 1. The van der Waals surface area contributed by atoms with Crippen molar-refractivity contribution < 1.29 is 13.9 Å². The molecule has 16 heavy (non-hydrogen) atoms. The fraction of sp³-hybridized carbons (Fsp3) is 0.500. The number of ether oxygens (including phenoxy) is 2. The minimum absolute atomic E-state index is 0.228. The van der Waals surface area contributed by atoms with Gasteiger partial charge in [0.15, 0.2) is 11.5 Å². The molecule has 4 heteroatoms. The molecule has 1 aromatic carbocycles. The summed E-state index contributed by atoms with van der Waals surface area (Å²) in [5.41, 5.74) is 1.65. The SMILES string of the molecule is CNCCc1cc(C(C)F)cc2c1OCO2. The maximum absolute atomic E-state index is 13.3. The summed E-state index contributed by atoms with van der Waals surface area (Å²) in [4.78, 5) is 0. The van der Waals surface area contributed by atoms with Crippen molar-refractivity contribution in [2.45, 2.75) is 19.5 Å². The molecule has 0 radical (unpaired) electrons. The molecule has 1 aliphatic rings. The van der Waals surface area contributed by atoms with Crippen LogP contribution >= 0.6 is 0 Å². The van der Waals surface area contributed by atoms with E-state index in [4.69, 9.17) is 9.47 Å². The van der Waals surface area contributed by atoms with Gasteiger partial charge in [0, 0.05) is 0 Å². The third-order valence-electron chi connectivity index (χ3n) is 2.68. The Bertz CT molecular complexity index is 380. The molecule has 0 aliphatic carbocycles. The van der Waals surface area contributed by atoms with Crippen molar-refractivity contribution in [3.63, 3.8) is 0 Å². The van der Waals surface area contributed by atoms with Gasteiger partial charge in [-0.05, 0) is 50.2 Å². The van der Waals surface area contributed by atoms with E-state index in [1.54, 1.807) is 6.07 Å². The van der Waals surface area contributed by atoms with Crippen molar-refractivity contribution in [1.29, 1.82) is 0 Å². The van der Waals surface area contributed by atoms with Gasteiger partial charge in [0.1, 0.15) is 6.17 Å². The molecule has 1 unspecified atom stereocenters. The van der Waals surface area contributed by atoms with Crippen LogP contribution in [0.1, 0.15) is 24.2 Å². The Balaban J connectivity index is 2.33. The zero-order valence-electron chi connectivity index (χ0n) is 9.55. The minimum Gasteiger partial charge on any atom is -0.454 e. The van der Waals surface area contributed by atoms with Gasteiger partial charge in [-0.3, -0.25) is 0 Å². The fourth-order valence-electron chi connectivity index (χ4n) is 1.78. The predicted molar refractivity (Wildman–Crippen MR) is 59.7 cm³/mol. The topological polar surface area (TPSA) is 30.5 Å². The quantitative estimate of drug-likeness (QED) is 0.852. The summed E-state index contributed by atoms with van der Waals surface area (Å²) >= 11 is 0. The molecule has 0 saturated carbocycles. The van der Waals surface area contributed by atoms with Gasteiger partial charge < -0.3 is 14.8 Å². The second kappa shape index (κ2) is 4.70. The number of halogens is 1. The summed E-state index contributed by atoms with van der Waals surface area (Å²) < 4.78 is 24.0. The van der Waals surface area contributed by atoms with Crippen LogP contribution in [0.3, 0.4) is 0 Å². The first kappa shape index (κ1) is 11.2. The van der Waals surface area contributed by atoms with Crippen LogP contribution in [0.4, 0.5) is 4.39 Å². The molecule has 0 amide bonds. The van der Waals surface area contributed by atoms with Crippen molar-refractivity contribution >= 4 is 0 Å². The fourth-order valence-corrected chi connectivity index (χ4v) is 1.78. The summed E-state index contributed by atoms with van der Waals surface area (Å²) in [5, 5.41) is 3.07. The lowest BCUT2D eigenvalue weighted by Gasteiger charge is -2.09. The molecular weight excluding hydrogens is 209 g/mol. The summed E-state index contributed by atoms with van der Waals surface area (Å²) in [6.45, 7) is 2.59. The first-order chi connectivity index (χ1) is 7.72. The summed E-state index contributed by atoms with van der Waals surface area (Å²) in [6.07, 6.45) is -0.175. The number of nitrogens with one attached hydrogen (secondary N) is 1. The van der Waals surface area contributed by atoms with Crippen molar-refractivity contribution in [2.75, 3.05) is 20.4 Å². The monoisotopic (exact) mass is 225 g/mol. The lowest BCUT2D eigenvalue weighted by molar-refractivity contribution is 0.173. The third-order valence-corrected chi connectivity index (χ3v) is 2.68. The molecule has 0 bridgehead atoms. The normalized spacial score (nSPS) is 15.2. The summed E-state index contributed by atoms with van der Waals surface area (Å²) in [5.74, 6) is 1.42. The van der Waals surface area contributed by atoms with Crippen LogP contribution in [0.15, 0.2) is 12.1 Å². The van der Waals surface area contributed by atoms with Gasteiger partial charge in [0.05, 0.1) is 0 Å². The van der Waals surface area contributed by atoms with Crippen LogP contribution in [0.5, 0.6) is 11.5 Å². The average Bonchev–Trinajstić information content (AvgIpc) is 2.73. The number of alkyl halides is 1. The molecule has 2 rings (SSSR count). The Hall–Kier alpha value is -1.29. The largest absolute Gasteiger partial charge is 0.454 e. The number of hydrogen-bond acceptors (Lipinski definition) is 3. The zero-order chi connectivity index (χ0) is 11.5. The first-order valence-electron chi connectivity index (χ1n) is 5.43. The van der Waals surface area contributed by atoms with E-state index in [-0.39, 0.29) is 6.79 Å². The molecule has 1 aromatic rings. The highest BCUT2D eigenvalue weighted by molar-refractivity contribution is 5.51. The Labute approximate surface area is 94.6 Å². The number of hydrogen-bond donors (Lipinski definition) is 1. The number of benzene rings is 1. The van der Waals surface area contributed by atoms with Crippen molar-refractivity contribution in [1.82, 2.24) is 5.32 Å². The van der Waals surface area contributed by atoms with E-state index in [0.29, 0.717) is 11.3 Å². The van der Waals surface area contributed by atoms with E-state index < -0.39 is 6.17 Å². The molecule has 0 saturated heterocycles. The molecule has 0 aromatic heterocycles. The van der Waals surface area contributed by atoms with Crippen molar-refractivity contribution in [2.24, 2.45) is 0 Å². The van der Waals surface area contributed by atoms with Crippen LogP contribution in [-0.4, -0.2) is 20.4 Å². The smallest absolute Gasteiger partial charge is 0.231 e. The predicted octanol–water partition coefficient (Wildman–Crippen LogP) is 2.21. The molecule has 1 N–H and O–H groups in total. The summed E-state index contributed by atoms with van der Waals surface area (Å²) in [6, 6.07) is 3.57. The molecule has 0 spiro atoms. The van der Waals surface area contributed by atoms with Crippen molar-refractivity contribution in [3.8, 4) is 11.5 Å². The highest BCUT2D eigenvalue weighted by Crippen LogP contribution is 2.38. The van der Waals surface area contributed by atoms with Gasteiger partial charge in [-0.25, -0.2) is 4.39 Å². The van der Waals surface area contributed by atoms with Gasteiger partial charge in [-0.2, -0.15) is 0 Å². The first-order valence-corrected chi connectivity index (χ1v) is 5.43. The maximum Gasteiger partial charge on any atom is 0.231 e. The van der Waals surface area contributed by atoms with E-state index in [1.165, 1.54) is 6.92 Å². The second-order valence-corrected chi connectivity index (χ2v) is 3.88. The molecule has 1 heterocycles. The van der Waals surface area contributed by atoms with E-state index in [2.05, 4.69) is 5.32 Å². The number of likely N-dealkylation sites (N-methyl/N-ethyl adjacent to an activating group) is 1. The second-order valence-electron chi connectivity index (χ2n) is 3.88. The highest BCUT2D eigenvalue weighted by Gasteiger charge is 2.20. The van der Waals surface area contributed by atoms with Crippen molar-refractivity contribution in [3.05, 3.63) is 23.3 Å². The van der Waals surface area contributed by atoms with E-state index >= 15 is 0 Å². The molecule has 0 fully saturated rings. The Morgan fingerprint density at radius 1 is 1.44 bits per heavy atom. The average molecular weight is 225 g/mol. The minimum atomic E-state index is -0.983. The van der Waals surface area contributed by atoms with Crippen LogP contribution in [0, 0.1) is 0 Å². The van der Waals surface area contributed by atoms with E-state index in [0.717, 1.165) is 24.3 Å². The highest BCUT2D eigenvalue weighted by atomic mass is 19.1. The molecule has 88 valence electrons. The lowest BCUT2D eigenvalue weighted by Crippen LogP contribution is -2.11. The maximum atomic E-state index is 13.3. The third kappa shape index (κ3) is 2.11. The van der Waals surface area contributed by atoms with Crippen LogP contribution in [-0.2, 0) is 6.42 Å².